The molecule has 0 saturated carbocycles. The summed E-state index contributed by atoms with van der Waals surface area (Å²) in [5, 5.41) is 0.445. The molecule has 0 amide bonds. The quantitative estimate of drug-likeness (QED) is 0.583. The Hall–Kier alpha value is -0.480. The summed E-state index contributed by atoms with van der Waals surface area (Å²) in [5.74, 6) is 0. The molecule has 0 N–H and O–H groups in total. The van der Waals surface area contributed by atoms with E-state index < -0.39 is 21.7 Å². The third-order valence-corrected chi connectivity index (χ3v) is 4.34. The molecule has 0 saturated heterocycles. The van der Waals surface area contributed by atoms with Crippen LogP contribution in [0.1, 0.15) is 19.3 Å². The van der Waals surface area contributed by atoms with Crippen LogP contribution in [0.4, 0.5) is 13.2 Å². The van der Waals surface area contributed by atoms with Crippen LogP contribution in [0.5, 0.6) is 0 Å². The maximum absolute atomic E-state index is 12.3. The van der Waals surface area contributed by atoms with Crippen LogP contribution in [0, 0.1) is 0 Å². The van der Waals surface area contributed by atoms with E-state index in [1.807, 2.05) is 0 Å². The van der Waals surface area contributed by atoms with E-state index in [-0.39, 0.29) is 6.61 Å². The van der Waals surface area contributed by atoms with Crippen LogP contribution in [0.3, 0.4) is 0 Å². The number of hydrogen-bond donors (Lipinski definition) is 0. The molecule has 5 nitrogen and oxygen atoms in total. The molecule has 1 rings (SSSR count). The van der Waals surface area contributed by atoms with Gasteiger partial charge >= 0.3 is 15.6 Å². The number of hydrogen-bond acceptors (Lipinski definition) is 5. The fourth-order valence-electron chi connectivity index (χ4n) is 1.71. The first-order chi connectivity index (χ1) is 8.73. The summed E-state index contributed by atoms with van der Waals surface area (Å²) in [6.07, 6.45) is 3.39. The summed E-state index contributed by atoms with van der Waals surface area (Å²) < 4.78 is 69.2. The van der Waals surface area contributed by atoms with E-state index in [4.69, 9.17) is 4.74 Å². The van der Waals surface area contributed by atoms with Crippen molar-refractivity contribution in [2.75, 3.05) is 20.0 Å². The van der Waals surface area contributed by atoms with Gasteiger partial charge in [-0.2, -0.15) is 21.6 Å². The highest BCUT2D eigenvalue weighted by Gasteiger charge is 2.53. The van der Waals surface area contributed by atoms with Gasteiger partial charge in [0.15, 0.2) is 0 Å². The maximum atomic E-state index is 12.3. The lowest BCUT2D eigenvalue weighted by Crippen LogP contribution is -2.41. The highest BCUT2D eigenvalue weighted by molar-refractivity contribution is 8.13. The van der Waals surface area contributed by atoms with Gasteiger partial charge in [0.25, 0.3) is 5.04 Å². The Morgan fingerprint density at radius 3 is 2.58 bits per heavy atom. The Bertz CT molecular complexity index is 447. The number of nitrogens with zero attached hydrogens (tertiary/aromatic N) is 1. The van der Waals surface area contributed by atoms with Crippen molar-refractivity contribution >= 4 is 26.9 Å². The molecule has 112 valence electrons. The summed E-state index contributed by atoms with van der Waals surface area (Å²) >= 11 is 1.17. The van der Waals surface area contributed by atoms with Gasteiger partial charge in [-0.25, -0.2) is 0 Å². The molecule has 0 aliphatic carbocycles. The standard InChI is InChI=1S/C9H15F3NO4S2/c1-16-6-7-4-3-5-8(18-2)13(7)17-19(14,15)9(10,11)12/h7H,3-6H2,1-2H3/q+1. The maximum Gasteiger partial charge on any atom is 0.540 e. The smallest absolute Gasteiger partial charge is 0.378 e. The fourth-order valence-corrected chi connectivity index (χ4v) is 2.98. The Balaban J connectivity index is 3.07. The number of rotatable bonds is 4. The summed E-state index contributed by atoms with van der Waals surface area (Å²) in [7, 11) is -4.26. The number of halogens is 3. The zero-order valence-electron chi connectivity index (χ0n) is 10.4. The molecule has 0 bridgehead atoms. The Labute approximate surface area is 113 Å². The summed E-state index contributed by atoms with van der Waals surface area (Å²) in [4.78, 5) is 0. The largest absolute Gasteiger partial charge is 0.540 e. The molecule has 1 aliphatic rings. The van der Waals surface area contributed by atoms with Crippen molar-refractivity contribution in [1.29, 1.82) is 0 Å². The zero-order valence-corrected chi connectivity index (χ0v) is 12.1. The predicted octanol–water partition coefficient (Wildman–Crippen LogP) is 1.74. The van der Waals surface area contributed by atoms with Gasteiger partial charge in [0.05, 0.1) is 0 Å². The van der Waals surface area contributed by atoms with E-state index in [1.54, 1.807) is 6.26 Å². The highest BCUT2D eigenvalue weighted by atomic mass is 32.2. The predicted molar refractivity (Wildman–Crippen MR) is 64.4 cm³/mol. The summed E-state index contributed by atoms with van der Waals surface area (Å²) in [5.41, 5.74) is -5.44. The minimum atomic E-state index is -5.66. The summed E-state index contributed by atoms with van der Waals surface area (Å²) in [6.45, 7) is 0.0947. The molecule has 0 radical (unpaired) electrons. The second kappa shape index (κ2) is 6.31. The van der Waals surface area contributed by atoms with E-state index in [0.717, 1.165) is 11.2 Å². The molecule has 10 heteroatoms. The van der Waals surface area contributed by atoms with Crippen molar-refractivity contribution in [2.24, 2.45) is 0 Å². The van der Waals surface area contributed by atoms with Crippen LogP contribution in [-0.4, -0.2) is 49.7 Å². The van der Waals surface area contributed by atoms with Crippen molar-refractivity contribution < 1.29 is 35.3 Å². The van der Waals surface area contributed by atoms with E-state index >= 15 is 0 Å². The second-order valence-corrected chi connectivity index (χ2v) is 6.30. The van der Waals surface area contributed by atoms with Crippen LogP contribution in [0.25, 0.3) is 0 Å². The molecule has 0 spiro atoms. The van der Waals surface area contributed by atoms with Crippen LogP contribution in [0.2, 0.25) is 0 Å². The van der Waals surface area contributed by atoms with Crippen molar-refractivity contribution in [1.82, 2.24) is 0 Å². The van der Waals surface area contributed by atoms with E-state index in [2.05, 4.69) is 4.28 Å². The molecule has 0 aromatic heterocycles. The molecule has 1 atom stereocenters. The number of ether oxygens (including phenoxy) is 1. The molecule has 19 heavy (non-hydrogen) atoms. The average Bonchev–Trinajstić information content (AvgIpc) is 2.30. The van der Waals surface area contributed by atoms with Crippen molar-refractivity contribution in [3.8, 4) is 0 Å². The average molecular weight is 322 g/mol. The van der Waals surface area contributed by atoms with Crippen molar-refractivity contribution in [2.45, 2.75) is 30.8 Å². The minimum absolute atomic E-state index is 0.0947. The number of methoxy groups -OCH3 is 1. The van der Waals surface area contributed by atoms with Gasteiger partial charge < -0.3 is 4.74 Å². The van der Waals surface area contributed by atoms with Crippen LogP contribution < -0.4 is 0 Å². The highest BCUT2D eigenvalue weighted by Crippen LogP contribution is 2.28. The third kappa shape index (κ3) is 3.99. The molecule has 1 heterocycles. The van der Waals surface area contributed by atoms with Gasteiger partial charge in [0.1, 0.15) is 6.61 Å². The molecule has 0 fully saturated rings. The van der Waals surface area contributed by atoms with Gasteiger partial charge in [-0.1, -0.05) is 11.8 Å². The van der Waals surface area contributed by atoms with E-state index in [0.29, 0.717) is 17.9 Å². The van der Waals surface area contributed by atoms with Crippen LogP contribution in [-0.2, 0) is 19.1 Å². The van der Waals surface area contributed by atoms with Gasteiger partial charge in [0, 0.05) is 24.7 Å². The topological polar surface area (TPSA) is 55.6 Å². The lowest BCUT2D eigenvalue weighted by Gasteiger charge is -2.19. The molecular formula is C9H15F3NO4S2+. The molecular weight excluding hydrogens is 307 g/mol. The van der Waals surface area contributed by atoms with Gasteiger partial charge in [0.2, 0.25) is 6.04 Å². The minimum Gasteiger partial charge on any atom is -0.378 e. The Kier molecular flexibility index (Phi) is 5.51. The van der Waals surface area contributed by atoms with Crippen molar-refractivity contribution in [3.63, 3.8) is 0 Å². The van der Waals surface area contributed by atoms with Gasteiger partial charge in [-0.05, 0) is 12.7 Å². The Morgan fingerprint density at radius 2 is 2.11 bits per heavy atom. The normalized spacial score (nSPS) is 21.6. The molecule has 0 aromatic carbocycles. The molecule has 1 unspecified atom stereocenters. The first kappa shape index (κ1) is 16.6. The van der Waals surface area contributed by atoms with Gasteiger partial charge in [-0.15, -0.1) is 4.28 Å². The van der Waals surface area contributed by atoms with E-state index in [9.17, 15) is 21.6 Å². The van der Waals surface area contributed by atoms with Crippen molar-refractivity contribution in [3.05, 3.63) is 0 Å². The van der Waals surface area contributed by atoms with Gasteiger partial charge in [-0.3, -0.25) is 0 Å². The van der Waals surface area contributed by atoms with E-state index in [1.165, 1.54) is 18.9 Å². The zero-order chi connectivity index (χ0) is 14.7. The second-order valence-electron chi connectivity index (χ2n) is 3.90. The molecule has 0 aromatic rings. The monoisotopic (exact) mass is 322 g/mol. The summed E-state index contributed by atoms with van der Waals surface area (Å²) in [6, 6.07) is -0.543. The number of thioether (sulfide) groups is 1. The first-order valence-corrected chi connectivity index (χ1v) is 8.05. The fraction of sp³-hybridized carbons (Fsp3) is 0.889. The third-order valence-electron chi connectivity index (χ3n) is 2.56. The number of hydroxylamine groups is 1. The van der Waals surface area contributed by atoms with Crippen LogP contribution in [0.15, 0.2) is 0 Å². The lowest BCUT2D eigenvalue weighted by atomic mass is 10.1. The lowest BCUT2D eigenvalue weighted by molar-refractivity contribution is -0.774. The number of alkyl halides is 3. The Morgan fingerprint density at radius 1 is 1.47 bits per heavy atom. The van der Waals surface area contributed by atoms with Crippen LogP contribution >= 0.6 is 11.8 Å². The molecule has 1 aliphatic heterocycles. The first-order valence-electron chi connectivity index (χ1n) is 5.41. The SMILES string of the molecule is COCC1CCCC(SC)=[N+]1OS(=O)(=O)C(F)(F)F.